The molecule has 0 saturated carbocycles. The zero-order valence-electron chi connectivity index (χ0n) is 15.2. The highest BCUT2D eigenvalue weighted by atomic mass is 35.5. The van der Waals surface area contributed by atoms with Gasteiger partial charge in [0.25, 0.3) is 0 Å². The van der Waals surface area contributed by atoms with E-state index < -0.39 is 0 Å². The fourth-order valence-electron chi connectivity index (χ4n) is 2.51. The highest BCUT2D eigenvalue weighted by Crippen LogP contribution is 2.21. The summed E-state index contributed by atoms with van der Waals surface area (Å²) in [5.74, 6) is 1.71. The van der Waals surface area contributed by atoms with Crippen LogP contribution < -0.4 is 10.1 Å². The van der Waals surface area contributed by atoms with Crippen molar-refractivity contribution < 1.29 is 14.1 Å². The molecule has 0 atom stereocenters. The van der Waals surface area contributed by atoms with E-state index in [1.54, 1.807) is 13.2 Å². The van der Waals surface area contributed by atoms with Gasteiger partial charge in [0.05, 0.1) is 7.11 Å². The molecule has 0 radical (unpaired) electrons. The third-order valence-electron chi connectivity index (χ3n) is 4.07. The summed E-state index contributed by atoms with van der Waals surface area (Å²) < 4.78 is 10.4. The SMILES string of the molecule is COc1ccc(-c2noc(CCCC(=O)Nc3ccc(C)c(Cl)c3)n2)cc1. The van der Waals surface area contributed by atoms with Crippen LogP contribution in [-0.4, -0.2) is 23.2 Å². The van der Waals surface area contributed by atoms with Crippen molar-refractivity contribution in [3.8, 4) is 17.1 Å². The first-order valence-electron chi connectivity index (χ1n) is 8.58. The number of hydrogen-bond acceptors (Lipinski definition) is 5. The molecule has 7 heteroatoms. The summed E-state index contributed by atoms with van der Waals surface area (Å²) in [6, 6.07) is 12.9. The first-order chi connectivity index (χ1) is 13.0. The van der Waals surface area contributed by atoms with Crippen LogP contribution in [-0.2, 0) is 11.2 Å². The van der Waals surface area contributed by atoms with Crippen LogP contribution in [0.5, 0.6) is 5.75 Å². The Morgan fingerprint density at radius 1 is 1.22 bits per heavy atom. The lowest BCUT2D eigenvalue weighted by Crippen LogP contribution is -2.11. The van der Waals surface area contributed by atoms with Gasteiger partial charge in [-0.15, -0.1) is 0 Å². The summed E-state index contributed by atoms with van der Waals surface area (Å²) in [7, 11) is 1.62. The van der Waals surface area contributed by atoms with Crippen LogP contribution in [0.25, 0.3) is 11.4 Å². The van der Waals surface area contributed by atoms with E-state index in [0.717, 1.165) is 16.9 Å². The van der Waals surface area contributed by atoms with Gasteiger partial charge in [-0.05, 0) is 55.3 Å². The minimum atomic E-state index is -0.0789. The molecule has 0 bridgehead atoms. The third kappa shape index (κ3) is 5.08. The number of hydrogen-bond donors (Lipinski definition) is 1. The minimum Gasteiger partial charge on any atom is -0.497 e. The average Bonchev–Trinajstić information content (AvgIpc) is 3.14. The molecule has 0 saturated heterocycles. The Balaban J connectivity index is 1.49. The number of carbonyl (C=O) groups is 1. The van der Waals surface area contributed by atoms with Gasteiger partial charge in [0.15, 0.2) is 0 Å². The van der Waals surface area contributed by atoms with Crippen molar-refractivity contribution in [1.29, 1.82) is 0 Å². The molecule has 0 aliphatic heterocycles. The summed E-state index contributed by atoms with van der Waals surface area (Å²) >= 11 is 6.07. The fourth-order valence-corrected chi connectivity index (χ4v) is 2.69. The fraction of sp³-hybridized carbons (Fsp3) is 0.250. The highest BCUT2D eigenvalue weighted by Gasteiger charge is 2.10. The van der Waals surface area contributed by atoms with Gasteiger partial charge in [0.2, 0.25) is 17.6 Å². The molecule has 6 nitrogen and oxygen atoms in total. The Labute approximate surface area is 162 Å². The van der Waals surface area contributed by atoms with Crippen LogP contribution in [0.2, 0.25) is 5.02 Å². The van der Waals surface area contributed by atoms with E-state index in [0.29, 0.717) is 41.7 Å². The topological polar surface area (TPSA) is 77.2 Å². The monoisotopic (exact) mass is 385 g/mol. The molecule has 1 amide bonds. The number of nitrogens with one attached hydrogen (secondary N) is 1. The van der Waals surface area contributed by atoms with Crippen molar-refractivity contribution in [2.24, 2.45) is 0 Å². The van der Waals surface area contributed by atoms with E-state index in [9.17, 15) is 4.79 Å². The van der Waals surface area contributed by atoms with Crippen molar-refractivity contribution in [3.63, 3.8) is 0 Å². The molecule has 140 valence electrons. The molecule has 3 aromatic rings. The largest absolute Gasteiger partial charge is 0.497 e. The quantitative estimate of drug-likeness (QED) is 0.639. The molecular weight excluding hydrogens is 366 g/mol. The van der Waals surface area contributed by atoms with Gasteiger partial charge in [-0.1, -0.05) is 22.8 Å². The van der Waals surface area contributed by atoms with E-state index >= 15 is 0 Å². The Kier molecular flexibility index (Phi) is 6.08. The number of anilines is 1. The molecule has 0 aliphatic carbocycles. The van der Waals surface area contributed by atoms with Crippen LogP contribution in [0.15, 0.2) is 47.0 Å². The summed E-state index contributed by atoms with van der Waals surface area (Å²) in [5.41, 5.74) is 2.51. The number of nitrogens with zero attached hydrogens (tertiary/aromatic N) is 2. The number of ether oxygens (including phenoxy) is 1. The predicted octanol–water partition coefficient (Wildman–Crippen LogP) is 4.67. The van der Waals surface area contributed by atoms with Crippen molar-refractivity contribution in [1.82, 2.24) is 10.1 Å². The second kappa shape index (κ2) is 8.68. The first kappa shape index (κ1) is 18.9. The van der Waals surface area contributed by atoms with Crippen LogP contribution in [0.1, 0.15) is 24.3 Å². The van der Waals surface area contributed by atoms with E-state index in [-0.39, 0.29) is 5.91 Å². The number of aryl methyl sites for hydroxylation is 2. The van der Waals surface area contributed by atoms with Gasteiger partial charge in [-0.3, -0.25) is 4.79 Å². The number of aromatic nitrogens is 2. The highest BCUT2D eigenvalue weighted by molar-refractivity contribution is 6.31. The second-order valence-corrected chi connectivity index (χ2v) is 6.51. The smallest absolute Gasteiger partial charge is 0.226 e. The maximum absolute atomic E-state index is 12.1. The standard InChI is InChI=1S/C20H20ClN3O3/c1-13-6-9-15(12-17(13)21)22-18(25)4-3-5-19-23-20(24-27-19)14-7-10-16(26-2)11-8-14/h6-12H,3-5H2,1-2H3,(H,22,25). The summed E-state index contributed by atoms with van der Waals surface area (Å²) in [4.78, 5) is 16.4. The molecule has 0 unspecified atom stereocenters. The van der Waals surface area contributed by atoms with Crippen molar-refractivity contribution in [2.45, 2.75) is 26.2 Å². The molecule has 0 spiro atoms. The maximum atomic E-state index is 12.1. The third-order valence-corrected chi connectivity index (χ3v) is 4.47. The van der Waals surface area contributed by atoms with Gasteiger partial charge in [0.1, 0.15) is 5.75 Å². The van der Waals surface area contributed by atoms with Crippen LogP contribution >= 0.6 is 11.6 Å². The number of rotatable bonds is 7. The Morgan fingerprint density at radius 3 is 2.70 bits per heavy atom. The van der Waals surface area contributed by atoms with E-state index in [4.69, 9.17) is 20.9 Å². The molecule has 0 fully saturated rings. The number of carbonyl (C=O) groups excluding carboxylic acids is 1. The summed E-state index contributed by atoms with van der Waals surface area (Å²) in [6.07, 6.45) is 1.49. The molecular formula is C20H20ClN3O3. The van der Waals surface area contributed by atoms with Crippen LogP contribution in [0, 0.1) is 6.92 Å². The van der Waals surface area contributed by atoms with Gasteiger partial charge in [-0.25, -0.2) is 0 Å². The van der Waals surface area contributed by atoms with Gasteiger partial charge in [0, 0.05) is 29.1 Å². The van der Waals surface area contributed by atoms with Gasteiger partial charge < -0.3 is 14.6 Å². The van der Waals surface area contributed by atoms with Gasteiger partial charge in [-0.2, -0.15) is 4.98 Å². The molecule has 0 aliphatic rings. The number of amides is 1. The molecule has 2 aromatic carbocycles. The maximum Gasteiger partial charge on any atom is 0.226 e. The summed E-state index contributed by atoms with van der Waals surface area (Å²) in [5, 5.41) is 7.45. The van der Waals surface area contributed by atoms with E-state index in [2.05, 4.69) is 15.5 Å². The lowest BCUT2D eigenvalue weighted by Gasteiger charge is -2.06. The zero-order chi connectivity index (χ0) is 19.2. The summed E-state index contributed by atoms with van der Waals surface area (Å²) in [6.45, 7) is 1.92. The molecule has 1 N–H and O–H groups in total. The van der Waals surface area contributed by atoms with Crippen molar-refractivity contribution in [2.75, 3.05) is 12.4 Å². The lowest BCUT2D eigenvalue weighted by atomic mass is 10.2. The lowest BCUT2D eigenvalue weighted by molar-refractivity contribution is -0.116. The van der Waals surface area contributed by atoms with Crippen molar-refractivity contribution >= 4 is 23.2 Å². The molecule has 1 heterocycles. The molecule has 1 aromatic heterocycles. The normalized spacial score (nSPS) is 10.6. The second-order valence-electron chi connectivity index (χ2n) is 6.11. The molecule has 27 heavy (non-hydrogen) atoms. The first-order valence-corrected chi connectivity index (χ1v) is 8.96. The Morgan fingerprint density at radius 2 is 2.00 bits per heavy atom. The predicted molar refractivity (Wildman–Crippen MR) is 104 cm³/mol. The zero-order valence-corrected chi connectivity index (χ0v) is 15.9. The number of halogens is 1. The minimum absolute atomic E-state index is 0.0789. The average molecular weight is 386 g/mol. The van der Waals surface area contributed by atoms with Crippen molar-refractivity contribution in [3.05, 3.63) is 58.9 Å². The van der Waals surface area contributed by atoms with Crippen LogP contribution in [0.4, 0.5) is 5.69 Å². The molecule has 3 rings (SSSR count). The Hall–Kier alpha value is -2.86. The van der Waals surface area contributed by atoms with Crippen LogP contribution in [0.3, 0.4) is 0 Å². The van der Waals surface area contributed by atoms with Gasteiger partial charge >= 0.3 is 0 Å². The number of methoxy groups -OCH3 is 1. The van der Waals surface area contributed by atoms with E-state index in [1.807, 2.05) is 43.3 Å². The number of benzene rings is 2. The Bertz CT molecular complexity index is 922. The van der Waals surface area contributed by atoms with E-state index in [1.165, 1.54) is 0 Å².